The van der Waals surface area contributed by atoms with Crippen molar-refractivity contribution in [1.82, 2.24) is 9.13 Å². The minimum absolute atomic E-state index is 0.00496. The average molecular weight is 299 g/mol. The maximum Gasteiger partial charge on any atom is 0.259 e. The quantitative estimate of drug-likeness (QED) is 0.805. The summed E-state index contributed by atoms with van der Waals surface area (Å²) in [6, 6.07) is 9.43. The normalized spacial score (nSPS) is 10.8. The van der Waals surface area contributed by atoms with E-state index in [1.165, 1.54) is 16.7 Å². The Balaban J connectivity index is 1.85. The van der Waals surface area contributed by atoms with E-state index in [1.54, 1.807) is 48.3 Å². The van der Waals surface area contributed by atoms with Crippen LogP contribution in [0, 0.1) is 5.82 Å². The van der Waals surface area contributed by atoms with E-state index < -0.39 is 5.82 Å². The second-order valence-corrected chi connectivity index (χ2v) is 5.00. The van der Waals surface area contributed by atoms with Gasteiger partial charge in [0.25, 0.3) is 5.56 Å². The Labute approximate surface area is 125 Å². The standard InChI is InChI=1S/C16H14FN3O2/c1-19-8-7-14-11(16(19)22)6-9-20(14)10-15(21)18-13-5-3-2-4-12(13)17/h2-9H,10H2,1H3,(H,18,21). The van der Waals surface area contributed by atoms with E-state index in [1.807, 2.05) is 0 Å². The summed E-state index contributed by atoms with van der Waals surface area (Å²) in [7, 11) is 1.67. The van der Waals surface area contributed by atoms with Gasteiger partial charge in [-0.1, -0.05) is 12.1 Å². The molecule has 1 aromatic carbocycles. The molecule has 0 spiro atoms. The number of pyridine rings is 1. The first-order valence-corrected chi connectivity index (χ1v) is 6.75. The summed E-state index contributed by atoms with van der Waals surface area (Å²) in [5.41, 5.74) is 0.692. The fourth-order valence-electron chi connectivity index (χ4n) is 2.34. The molecule has 2 heterocycles. The van der Waals surface area contributed by atoms with Gasteiger partial charge in [0.2, 0.25) is 5.91 Å². The first-order chi connectivity index (χ1) is 10.6. The van der Waals surface area contributed by atoms with Crippen LogP contribution in [-0.2, 0) is 18.4 Å². The van der Waals surface area contributed by atoms with Gasteiger partial charge in [-0.3, -0.25) is 9.59 Å². The number of carbonyl (C=O) groups excluding carboxylic acids is 1. The number of nitrogens with one attached hydrogen (secondary N) is 1. The van der Waals surface area contributed by atoms with E-state index >= 15 is 0 Å². The van der Waals surface area contributed by atoms with Gasteiger partial charge < -0.3 is 14.5 Å². The van der Waals surface area contributed by atoms with Crippen LogP contribution in [0.4, 0.5) is 10.1 Å². The van der Waals surface area contributed by atoms with Gasteiger partial charge in [0.15, 0.2) is 0 Å². The van der Waals surface area contributed by atoms with Gasteiger partial charge in [0.1, 0.15) is 12.4 Å². The molecule has 5 nitrogen and oxygen atoms in total. The Bertz CT molecular complexity index is 911. The van der Waals surface area contributed by atoms with Crippen molar-refractivity contribution in [1.29, 1.82) is 0 Å². The van der Waals surface area contributed by atoms with Gasteiger partial charge in [0, 0.05) is 19.4 Å². The summed E-state index contributed by atoms with van der Waals surface area (Å²) in [6.07, 6.45) is 3.32. The van der Waals surface area contributed by atoms with Crippen LogP contribution in [0.3, 0.4) is 0 Å². The number of carbonyl (C=O) groups is 1. The Hall–Kier alpha value is -2.89. The number of aromatic nitrogens is 2. The van der Waals surface area contributed by atoms with E-state index in [-0.39, 0.29) is 23.7 Å². The molecular formula is C16H14FN3O2. The average Bonchev–Trinajstić information content (AvgIpc) is 2.89. The monoisotopic (exact) mass is 299 g/mol. The zero-order chi connectivity index (χ0) is 15.7. The number of anilines is 1. The van der Waals surface area contributed by atoms with Crippen molar-refractivity contribution >= 4 is 22.5 Å². The van der Waals surface area contributed by atoms with E-state index in [4.69, 9.17) is 0 Å². The lowest BCUT2D eigenvalue weighted by Crippen LogP contribution is -2.20. The molecule has 3 aromatic rings. The van der Waals surface area contributed by atoms with Crippen LogP contribution in [0.1, 0.15) is 0 Å². The Morgan fingerprint density at radius 2 is 1.95 bits per heavy atom. The number of benzene rings is 1. The fourth-order valence-corrected chi connectivity index (χ4v) is 2.34. The summed E-state index contributed by atoms with van der Waals surface area (Å²) < 4.78 is 16.7. The molecule has 0 saturated carbocycles. The molecule has 0 fully saturated rings. The number of fused-ring (bicyclic) bond motifs is 1. The van der Waals surface area contributed by atoms with E-state index in [0.29, 0.717) is 10.9 Å². The number of halogens is 1. The van der Waals surface area contributed by atoms with Gasteiger partial charge in [-0.15, -0.1) is 0 Å². The van der Waals surface area contributed by atoms with Crippen molar-refractivity contribution in [3.05, 3.63) is 65.0 Å². The van der Waals surface area contributed by atoms with E-state index in [2.05, 4.69) is 5.32 Å². The molecule has 3 rings (SSSR count). The van der Waals surface area contributed by atoms with Gasteiger partial charge >= 0.3 is 0 Å². The topological polar surface area (TPSA) is 56.0 Å². The summed E-state index contributed by atoms with van der Waals surface area (Å²) in [4.78, 5) is 24.0. The molecule has 0 aliphatic rings. The van der Waals surface area contributed by atoms with Crippen LogP contribution >= 0.6 is 0 Å². The molecule has 0 aliphatic heterocycles. The zero-order valence-electron chi connectivity index (χ0n) is 11.9. The van der Waals surface area contributed by atoms with Crippen molar-refractivity contribution in [3.8, 4) is 0 Å². The van der Waals surface area contributed by atoms with Crippen LogP contribution < -0.4 is 10.9 Å². The maximum atomic E-state index is 13.5. The van der Waals surface area contributed by atoms with Crippen molar-refractivity contribution in [2.45, 2.75) is 6.54 Å². The Morgan fingerprint density at radius 1 is 1.18 bits per heavy atom. The third-order valence-corrected chi connectivity index (χ3v) is 3.48. The Morgan fingerprint density at radius 3 is 2.73 bits per heavy atom. The highest BCUT2D eigenvalue weighted by molar-refractivity contribution is 5.92. The molecule has 0 radical (unpaired) electrons. The molecular weight excluding hydrogens is 285 g/mol. The number of para-hydroxylation sites is 1. The van der Waals surface area contributed by atoms with E-state index in [0.717, 1.165) is 0 Å². The molecule has 1 N–H and O–H groups in total. The first-order valence-electron chi connectivity index (χ1n) is 6.75. The van der Waals surface area contributed by atoms with Crippen LogP contribution in [0.15, 0.2) is 53.6 Å². The lowest BCUT2D eigenvalue weighted by molar-refractivity contribution is -0.116. The van der Waals surface area contributed by atoms with Gasteiger partial charge in [-0.25, -0.2) is 4.39 Å². The molecule has 2 aromatic heterocycles. The number of hydrogen-bond donors (Lipinski definition) is 1. The highest BCUT2D eigenvalue weighted by atomic mass is 19.1. The fraction of sp³-hybridized carbons (Fsp3) is 0.125. The van der Waals surface area contributed by atoms with Crippen LogP contribution in [0.5, 0.6) is 0 Å². The largest absolute Gasteiger partial charge is 0.338 e. The van der Waals surface area contributed by atoms with Crippen LogP contribution in [0.2, 0.25) is 0 Å². The number of hydrogen-bond acceptors (Lipinski definition) is 2. The molecule has 22 heavy (non-hydrogen) atoms. The lowest BCUT2D eigenvalue weighted by atomic mass is 10.3. The third-order valence-electron chi connectivity index (χ3n) is 3.48. The molecule has 0 aliphatic carbocycles. The first kappa shape index (κ1) is 14.1. The SMILES string of the molecule is Cn1ccc2c(ccn2CC(=O)Nc2ccccc2F)c1=O. The molecule has 6 heteroatoms. The second-order valence-electron chi connectivity index (χ2n) is 5.00. The van der Waals surface area contributed by atoms with Gasteiger partial charge in [-0.2, -0.15) is 0 Å². The maximum absolute atomic E-state index is 13.5. The Kier molecular flexibility index (Phi) is 3.50. The number of amides is 1. The summed E-state index contributed by atoms with van der Waals surface area (Å²) in [5.74, 6) is -0.842. The zero-order valence-corrected chi connectivity index (χ0v) is 11.9. The van der Waals surface area contributed by atoms with Crippen LogP contribution in [0.25, 0.3) is 10.9 Å². The molecule has 0 saturated heterocycles. The van der Waals surface area contributed by atoms with Crippen molar-refractivity contribution in [2.24, 2.45) is 7.05 Å². The van der Waals surface area contributed by atoms with Gasteiger partial charge in [-0.05, 0) is 24.3 Å². The predicted octanol–water partition coefficient (Wildman–Crippen LogP) is 2.12. The highest BCUT2D eigenvalue weighted by Gasteiger charge is 2.10. The smallest absolute Gasteiger partial charge is 0.259 e. The number of rotatable bonds is 3. The second kappa shape index (κ2) is 5.48. The predicted molar refractivity (Wildman–Crippen MR) is 82.2 cm³/mol. The number of aryl methyl sites for hydroxylation is 1. The van der Waals surface area contributed by atoms with E-state index in [9.17, 15) is 14.0 Å². The van der Waals surface area contributed by atoms with Crippen LogP contribution in [-0.4, -0.2) is 15.0 Å². The molecule has 0 bridgehead atoms. The summed E-state index contributed by atoms with van der Waals surface area (Å²) in [5, 5.41) is 3.07. The summed E-state index contributed by atoms with van der Waals surface area (Å²) >= 11 is 0. The molecule has 0 atom stereocenters. The third kappa shape index (κ3) is 2.50. The highest BCUT2D eigenvalue weighted by Crippen LogP contribution is 2.14. The summed E-state index contributed by atoms with van der Waals surface area (Å²) in [6.45, 7) is 0.00496. The number of nitrogens with zero attached hydrogens (tertiary/aromatic N) is 2. The minimum Gasteiger partial charge on any atom is -0.338 e. The van der Waals surface area contributed by atoms with Crippen molar-refractivity contribution in [3.63, 3.8) is 0 Å². The molecule has 1 amide bonds. The van der Waals surface area contributed by atoms with Crippen molar-refractivity contribution < 1.29 is 9.18 Å². The minimum atomic E-state index is -0.484. The van der Waals surface area contributed by atoms with Crippen molar-refractivity contribution in [2.75, 3.05) is 5.32 Å². The molecule has 0 unspecified atom stereocenters. The molecule has 112 valence electrons. The lowest BCUT2D eigenvalue weighted by Gasteiger charge is -2.08. The van der Waals surface area contributed by atoms with Gasteiger partial charge in [0.05, 0.1) is 16.6 Å².